The van der Waals surface area contributed by atoms with E-state index in [0.717, 1.165) is 13.1 Å². The van der Waals surface area contributed by atoms with E-state index in [1.165, 1.54) is 23.2 Å². The van der Waals surface area contributed by atoms with Crippen LogP contribution in [0.5, 0.6) is 0 Å². The first-order chi connectivity index (χ1) is 16.5. The molecule has 0 aliphatic carbocycles. The van der Waals surface area contributed by atoms with Crippen LogP contribution in [0.1, 0.15) is 19.3 Å². The number of hydrogen-bond acceptors (Lipinski definition) is 6. The molecule has 2 aromatic rings. The van der Waals surface area contributed by atoms with E-state index < -0.39 is 11.7 Å². The summed E-state index contributed by atoms with van der Waals surface area (Å²) in [4.78, 5) is 39.5. The average Bonchev–Trinajstić information content (AvgIpc) is 2.86. The Morgan fingerprint density at radius 1 is 1.03 bits per heavy atom. The highest BCUT2D eigenvalue weighted by Crippen LogP contribution is 2.22. The van der Waals surface area contributed by atoms with Crippen LogP contribution in [-0.2, 0) is 19.1 Å². The van der Waals surface area contributed by atoms with E-state index in [4.69, 9.17) is 4.74 Å². The van der Waals surface area contributed by atoms with Crippen molar-refractivity contribution in [2.45, 2.75) is 19.3 Å². The van der Waals surface area contributed by atoms with Crippen molar-refractivity contribution >= 4 is 40.5 Å². The fourth-order valence-electron chi connectivity index (χ4n) is 3.69. The van der Waals surface area contributed by atoms with Crippen LogP contribution in [0.4, 0.5) is 21.5 Å². The third-order valence-electron chi connectivity index (χ3n) is 5.55. The first-order valence-corrected chi connectivity index (χ1v) is 11.2. The molecule has 0 radical (unpaired) electrons. The summed E-state index contributed by atoms with van der Waals surface area (Å²) in [7, 11) is 0. The number of hydrazone groups is 1. The topological polar surface area (TPSA) is 103 Å². The second-order valence-corrected chi connectivity index (χ2v) is 7.99. The number of nitrogens with one attached hydrogen (secondary N) is 2. The molecule has 0 atom stereocenters. The van der Waals surface area contributed by atoms with Crippen molar-refractivity contribution in [3.63, 3.8) is 0 Å². The monoisotopic (exact) mass is 467 g/mol. The van der Waals surface area contributed by atoms with Gasteiger partial charge in [0.05, 0.1) is 24.6 Å². The zero-order valence-electron chi connectivity index (χ0n) is 18.6. The largest absolute Gasteiger partial charge is 0.379 e. The van der Waals surface area contributed by atoms with E-state index in [9.17, 15) is 18.8 Å². The predicted octanol–water partition coefficient (Wildman–Crippen LogP) is 2.61. The smallest absolute Gasteiger partial charge is 0.271 e. The van der Waals surface area contributed by atoms with E-state index >= 15 is 0 Å². The van der Waals surface area contributed by atoms with Crippen molar-refractivity contribution in [2.24, 2.45) is 5.10 Å². The molecule has 0 bridgehead atoms. The number of carbonyl (C=O) groups excluding carboxylic acids is 3. The first-order valence-electron chi connectivity index (χ1n) is 11.2. The molecule has 10 heteroatoms. The quantitative estimate of drug-likeness (QED) is 0.652. The Morgan fingerprint density at radius 3 is 2.56 bits per heavy atom. The number of para-hydroxylation sites is 1. The van der Waals surface area contributed by atoms with Gasteiger partial charge in [-0.15, -0.1) is 0 Å². The summed E-state index contributed by atoms with van der Waals surface area (Å²) in [6.45, 7) is 3.37. The number of amides is 3. The summed E-state index contributed by atoms with van der Waals surface area (Å²) >= 11 is 0. The van der Waals surface area contributed by atoms with Gasteiger partial charge in [0.1, 0.15) is 11.5 Å². The Morgan fingerprint density at radius 2 is 1.79 bits per heavy atom. The number of morpholine rings is 1. The fraction of sp³-hybridized carbons (Fsp3) is 0.333. The van der Waals surface area contributed by atoms with Gasteiger partial charge < -0.3 is 15.4 Å². The van der Waals surface area contributed by atoms with Crippen LogP contribution < -0.4 is 15.6 Å². The van der Waals surface area contributed by atoms with E-state index in [2.05, 4.69) is 20.6 Å². The lowest BCUT2D eigenvalue weighted by molar-refractivity contribution is -0.119. The Labute approximate surface area is 196 Å². The molecule has 0 aromatic heterocycles. The van der Waals surface area contributed by atoms with E-state index in [1.807, 2.05) is 6.07 Å². The number of rotatable bonds is 7. The SMILES string of the molecule is O=C(CCN1CCOCC1)Nc1cc(NC(=O)C2=NN(c3ccccc3)C(=O)CC2)ccc1F. The molecule has 2 heterocycles. The minimum absolute atomic E-state index is 0.0172. The van der Waals surface area contributed by atoms with E-state index in [1.54, 1.807) is 24.3 Å². The molecule has 3 amide bonds. The van der Waals surface area contributed by atoms with Crippen molar-refractivity contribution in [3.05, 3.63) is 54.3 Å². The van der Waals surface area contributed by atoms with Gasteiger partial charge in [-0.1, -0.05) is 18.2 Å². The third kappa shape index (κ3) is 6.03. The lowest BCUT2D eigenvalue weighted by Crippen LogP contribution is -2.38. The molecular weight excluding hydrogens is 441 g/mol. The minimum Gasteiger partial charge on any atom is -0.379 e. The van der Waals surface area contributed by atoms with Crippen LogP contribution in [0.15, 0.2) is 53.6 Å². The Balaban J connectivity index is 1.39. The zero-order chi connectivity index (χ0) is 23.9. The van der Waals surface area contributed by atoms with Gasteiger partial charge in [-0.25, -0.2) is 9.40 Å². The van der Waals surface area contributed by atoms with Crippen molar-refractivity contribution in [2.75, 3.05) is 48.5 Å². The third-order valence-corrected chi connectivity index (χ3v) is 5.55. The molecule has 2 aliphatic heterocycles. The predicted molar refractivity (Wildman–Crippen MR) is 126 cm³/mol. The minimum atomic E-state index is -0.603. The molecule has 178 valence electrons. The van der Waals surface area contributed by atoms with Crippen LogP contribution in [0.2, 0.25) is 0 Å². The summed E-state index contributed by atoms with van der Waals surface area (Å²) in [5.41, 5.74) is 1.04. The van der Waals surface area contributed by atoms with Gasteiger partial charge in [-0.2, -0.15) is 5.10 Å². The molecule has 4 rings (SSSR count). The van der Waals surface area contributed by atoms with E-state index in [0.29, 0.717) is 31.1 Å². The van der Waals surface area contributed by atoms with Crippen molar-refractivity contribution in [1.29, 1.82) is 0 Å². The summed E-state index contributed by atoms with van der Waals surface area (Å²) in [6.07, 6.45) is 0.561. The fourth-order valence-corrected chi connectivity index (χ4v) is 3.69. The van der Waals surface area contributed by atoms with Crippen LogP contribution in [0, 0.1) is 5.82 Å². The van der Waals surface area contributed by atoms with Gasteiger partial charge in [0.25, 0.3) is 5.91 Å². The number of anilines is 3. The van der Waals surface area contributed by atoms with Crippen molar-refractivity contribution in [3.8, 4) is 0 Å². The average molecular weight is 468 g/mol. The van der Waals surface area contributed by atoms with Gasteiger partial charge >= 0.3 is 0 Å². The number of carbonyl (C=O) groups is 3. The second-order valence-electron chi connectivity index (χ2n) is 7.99. The lowest BCUT2D eigenvalue weighted by atomic mass is 10.1. The van der Waals surface area contributed by atoms with Gasteiger partial charge in [-0.3, -0.25) is 19.3 Å². The van der Waals surface area contributed by atoms with Crippen molar-refractivity contribution < 1.29 is 23.5 Å². The number of halogens is 1. The maximum atomic E-state index is 14.3. The van der Waals surface area contributed by atoms with Gasteiger partial charge in [0, 0.05) is 44.6 Å². The molecule has 2 aromatic carbocycles. The highest BCUT2D eigenvalue weighted by molar-refractivity contribution is 6.44. The van der Waals surface area contributed by atoms with Crippen LogP contribution in [0.25, 0.3) is 0 Å². The molecule has 34 heavy (non-hydrogen) atoms. The highest BCUT2D eigenvalue weighted by Gasteiger charge is 2.25. The van der Waals surface area contributed by atoms with Crippen LogP contribution in [-0.4, -0.2) is 61.2 Å². The summed E-state index contributed by atoms with van der Waals surface area (Å²) < 4.78 is 19.6. The molecule has 9 nitrogen and oxygen atoms in total. The summed E-state index contributed by atoms with van der Waals surface area (Å²) in [5.74, 6) is -1.62. The molecule has 1 fully saturated rings. The molecule has 0 spiro atoms. The van der Waals surface area contributed by atoms with E-state index in [-0.39, 0.29) is 42.5 Å². The van der Waals surface area contributed by atoms with Gasteiger partial charge in [0.15, 0.2) is 0 Å². The number of benzene rings is 2. The molecule has 0 unspecified atom stereocenters. The highest BCUT2D eigenvalue weighted by atomic mass is 19.1. The van der Waals surface area contributed by atoms with Crippen LogP contribution in [0.3, 0.4) is 0 Å². The zero-order valence-corrected chi connectivity index (χ0v) is 18.6. The molecule has 2 aliphatic rings. The lowest BCUT2D eigenvalue weighted by Gasteiger charge is -2.26. The normalized spacial score (nSPS) is 16.7. The maximum absolute atomic E-state index is 14.3. The maximum Gasteiger partial charge on any atom is 0.271 e. The van der Waals surface area contributed by atoms with Gasteiger partial charge in [0.2, 0.25) is 11.8 Å². The molecule has 1 saturated heterocycles. The first kappa shape index (κ1) is 23.5. The molecular formula is C24H26FN5O4. The van der Waals surface area contributed by atoms with Crippen LogP contribution >= 0.6 is 0 Å². The number of nitrogens with zero attached hydrogens (tertiary/aromatic N) is 3. The number of ether oxygens (including phenoxy) is 1. The van der Waals surface area contributed by atoms with Crippen molar-refractivity contribution in [1.82, 2.24) is 4.90 Å². The van der Waals surface area contributed by atoms with Gasteiger partial charge in [-0.05, 0) is 30.3 Å². The Bertz CT molecular complexity index is 1090. The number of hydrogen-bond donors (Lipinski definition) is 2. The molecule has 2 N–H and O–H groups in total. The molecule has 0 saturated carbocycles. The summed E-state index contributed by atoms with van der Waals surface area (Å²) in [6, 6.07) is 12.8. The Hall–Kier alpha value is -3.63. The standard InChI is InChI=1S/C24H26FN5O4/c25-19-7-6-17(16-21(19)27-22(31)10-11-29-12-14-34-15-13-29)26-24(33)20-8-9-23(32)30(28-20)18-4-2-1-3-5-18/h1-7,16H,8-15H2,(H,26,33)(H,27,31). The Kier molecular flexibility index (Phi) is 7.61. The second kappa shape index (κ2) is 11.0. The summed E-state index contributed by atoms with van der Waals surface area (Å²) in [5, 5.41) is 10.7.